The molecule has 0 amide bonds. The van der Waals surface area contributed by atoms with E-state index in [1.807, 2.05) is 37.4 Å². The highest BCUT2D eigenvalue weighted by molar-refractivity contribution is 5.33. The SMILES string of the molecule is CCc1ccccc1OCCOc1cccc(CNC)c1. The van der Waals surface area contributed by atoms with Crippen molar-refractivity contribution in [1.82, 2.24) is 5.32 Å². The zero-order chi connectivity index (χ0) is 14.9. The van der Waals surface area contributed by atoms with Crippen LogP contribution in [0.2, 0.25) is 0 Å². The van der Waals surface area contributed by atoms with Gasteiger partial charge in [-0.15, -0.1) is 0 Å². The van der Waals surface area contributed by atoms with Crippen molar-refractivity contribution in [2.24, 2.45) is 0 Å². The molecule has 0 radical (unpaired) electrons. The Kier molecular flexibility index (Phi) is 6.10. The lowest BCUT2D eigenvalue weighted by atomic mass is 10.1. The van der Waals surface area contributed by atoms with Gasteiger partial charge in [0.1, 0.15) is 24.7 Å². The van der Waals surface area contributed by atoms with Gasteiger partial charge in [-0.25, -0.2) is 0 Å². The third-order valence-corrected chi connectivity index (χ3v) is 3.24. The number of aryl methyl sites for hydroxylation is 1. The fourth-order valence-corrected chi connectivity index (χ4v) is 2.20. The summed E-state index contributed by atoms with van der Waals surface area (Å²) in [5, 5.41) is 3.13. The molecule has 0 bridgehead atoms. The predicted molar refractivity (Wildman–Crippen MR) is 86.0 cm³/mol. The highest BCUT2D eigenvalue weighted by atomic mass is 16.5. The molecule has 3 nitrogen and oxygen atoms in total. The van der Waals surface area contributed by atoms with Crippen LogP contribution in [0.25, 0.3) is 0 Å². The molecule has 3 heteroatoms. The molecule has 0 aliphatic rings. The zero-order valence-corrected chi connectivity index (χ0v) is 12.8. The Morgan fingerprint density at radius 1 is 0.952 bits per heavy atom. The summed E-state index contributed by atoms with van der Waals surface area (Å²) in [5.74, 6) is 1.84. The van der Waals surface area contributed by atoms with Crippen molar-refractivity contribution in [2.75, 3.05) is 20.3 Å². The van der Waals surface area contributed by atoms with Gasteiger partial charge in [-0.1, -0.05) is 37.3 Å². The third kappa shape index (κ3) is 4.80. The van der Waals surface area contributed by atoms with Gasteiger partial charge in [-0.3, -0.25) is 0 Å². The van der Waals surface area contributed by atoms with Crippen LogP contribution in [0.5, 0.6) is 11.5 Å². The number of benzene rings is 2. The van der Waals surface area contributed by atoms with E-state index in [0.29, 0.717) is 13.2 Å². The van der Waals surface area contributed by atoms with Crippen molar-refractivity contribution in [1.29, 1.82) is 0 Å². The summed E-state index contributed by atoms with van der Waals surface area (Å²) in [6, 6.07) is 16.2. The summed E-state index contributed by atoms with van der Waals surface area (Å²) in [4.78, 5) is 0. The van der Waals surface area contributed by atoms with E-state index in [-0.39, 0.29) is 0 Å². The van der Waals surface area contributed by atoms with E-state index in [9.17, 15) is 0 Å². The number of hydrogen-bond acceptors (Lipinski definition) is 3. The molecule has 21 heavy (non-hydrogen) atoms. The summed E-state index contributed by atoms with van der Waals surface area (Å²) >= 11 is 0. The summed E-state index contributed by atoms with van der Waals surface area (Å²) < 4.78 is 11.5. The Bertz CT molecular complexity index is 554. The van der Waals surface area contributed by atoms with Crippen LogP contribution in [0, 0.1) is 0 Å². The minimum Gasteiger partial charge on any atom is -0.490 e. The Hall–Kier alpha value is -2.00. The highest BCUT2D eigenvalue weighted by Gasteiger charge is 2.01. The summed E-state index contributed by atoms with van der Waals surface area (Å²) in [5.41, 5.74) is 2.45. The first-order valence-electron chi connectivity index (χ1n) is 7.40. The van der Waals surface area contributed by atoms with Crippen LogP contribution in [-0.4, -0.2) is 20.3 Å². The average Bonchev–Trinajstić information content (AvgIpc) is 2.53. The Labute approximate surface area is 126 Å². The lowest BCUT2D eigenvalue weighted by Gasteiger charge is -2.11. The molecule has 0 aliphatic heterocycles. The van der Waals surface area contributed by atoms with E-state index in [2.05, 4.69) is 30.4 Å². The lowest BCUT2D eigenvalue weighted by Crippen LogP contribution is -2.10. The standard InChI is InChI=1S/C18H23NO2/c1-3-16-8-4-5-10-18(16)21-12-11-20-17-9-6-7-15(13-17)14-19-2/h4-10,13,19H,3,11-12,14H2,1-2H3. The summed E-state index contributed by atoms with van der Waals surface area (Å²) in [7, 11) is 1.94. The molecular formula is C18H23NO2. The number of ether oxygens (including phenoxy) is 2. The maximum Gasteiger partial charge on any atom is 0.122 e. The highest BCUT2D eigenvalue weighted by Crippen LogP contribution is 2.18. The second kappa shape index (κ2) is 8.32. The van der Waals surface area contributed by atoms with Gasteiger partial charge in [0.15, 0.2) is 0 Å². The van der Waals surface area contributed by atoms with E-state index in [1.54, 1.807) is 0 Å². The van der Waals surface area contributed by atoms with Crippen molar-refractivity contribution in [3.05, 3.63) is 59.7 Å². The van der Waals surface area contributed by atoms with E-state index in [4.69, 9.17) is 9.47 Å². The topological polar surface area (TPSA) is 30.5 Å². The quantitative estimate of drug-likeness (QED) is 0.754. The summed E-state index contributed by atoms with van der Waals surface area (Å²) in [6.07, 6.45) is 0.975. The van der Waals surface area contributed by atoms with Gasteiger partial charge in [-0.2, -0.15) is 0 Å². The smallest absolute Gasteiger partial charge is 0.122 e. The van der Waals surface area contributed by atoms with Gasteiger partial charge < -0.3 is 14.8 Å². The van der Waals surface area contributed by atoms with E-state index >= 15 is 0 Å². The second-order valence-corrected chi connectivity index (χ2v) is 4.84. The van der Waals surface area contributed by atoms with Crippen LogP contribution in [0.4, 0.5) is 0 Å². The largest absolute Gasteiger partial charge is 0.490 e. The molecule has 0 saturated heterocycles. The molecule has 0 saturated carbocycles. The lowest BCUT2D eigenvalue weighted by molar-refractivity contribution is 0.216. The molecular weight excluding hydrogens is 262 g/mol. The Morgan fingerprint density at radius 3 is 2.57 bits per heavy atom. The minimum absolute atomic E-state index is 0.543. The molecule has 2 aromatic carbocycles. The zero-order valence-electron chi connectivity index (χ0n) is 12.8. The molecule has 0 aromatic heterocycles. The number of hydrogen-bond donors (Lipinski definition) is 1. The molecule has 0 atom stereocenters. The van der Waals surface area contributed by atoms with Crippen LogP contribution in [0.1, 0.15) is 18.1 Å². The fourth-order valence-electron chi connectivity index (χ4n) is 2.20. The van der Waals surface area contributed by atoms with Gasteiger partial charge in [0.05, 0.1) is 0 Å². The number of nitrogens with one attached hydrogen (secondary N) is 1. The molecule has 1 N–H and O–H groups in total. The second-order valence-electron chi connectivity index (χ2n) is 4.84. The molecule has 0 unspecified atom stereocenters. The minimum atomic E-state index is 0.543. The maximum atomic E-state index is 5.79. The monoisotopic (exact) mass is 285 g/mol. The fraction of sp³-hybridized carbons (Fsp3) is 0.333. The van der Waals surface area contributed by atoms with Crippen LogP contribution in [-0.2, 0) is 13.0 Å². The van der Waals surface area contributed by atoms with Gasteiger partial charge in [0, 0.05) is 6.54 Å². The molecule has 2 rings (SSSR count). The van der Waals surface area contributed by atoms with Crippen molar-refractivity contribution < 1.29 is 9.47 Å². The van der Waals surface area contributed by atoms with Crippen LogP contribution >= 0.6 is 0 Å². The molecule has 2 aromatic rings. The molecule has 0 fully saturated rings. The van der Waals surface area contributed by atoms with E-state index in [0.717, 1.165) is 24.5 Å². The van der Waals surface area contributed by atoms with Crippen LogP contribution in [0.3, 0.4) is 0 Å². The van der Waals surface area contributed by atoms with Gasteiger partial charge >= 0.3 is 0 Å². The normalized spacial score (nSPS) is 10.4. The Morgan fingerprint density at radius 2 is 1.76 bits per heavy atom. The van der Waals surface area contributed by atoms with Crippen LogP contribution < -0.4 is 14.8 Å². The summed E-state index contributed by atoms with van der Waals surface area (Å²) in [6.45, 7) is 4.07. The molecule has 0 spiro atoms. The number of rotatable bonds is 8. The van der Waals surface area contributed by atoms with E-state index < -0.39 is 0 Å². The Balaban J connectivity index is 1.80. The first kappa shape index (κ1) is 15.4. The molecule has 0 aliphatic carbocycles. The van der Waals surface area contributed by atoms with Crippen molar-refractivity contribution in [3.8, 4) is 11.5 Å². The van der Waals surface area contributed by atoms with Crippen LogP contribution in [0.15, 0.2) is 48.5 Å². The van der Waals surface area contributed by atoms with Crippen molar-refractivity contribution in [2.45, 2.75) is 19.9 Å². The van der Waals surface area contributed by atoms with Gasteiger partial charge in [-0.05, 0) is 42.8 Å². The molecule has 0 heterocycles. The van der Waals surface area contributed by atoms with Gasteiger partial charge in [0.25, 0.3) is 0 Å². The first-order valence-corrected chi connectivity index (χ1v) is 7.40. The maximum absolute atomic E-state index is 5.79. The average molecular weight is 285 g/mol. The molecule has 112 valence electrons. The third-order valence-electron chi connectivity index (χ3n) is 3.24. The number of para-hydroxylation sites is 1. The van der Waals surface area contributed by atoms with E-state index in [1.165, 1.54) is 11.1 Å². The van der Waals surface area contributed by atoms with Gasteiger partial charge in [0.2, 0.25) is 0 Å². The predicted octanol–water partition coefficient (Wildman–Crippen LogP) is 3.43. The first-order chi connectivity index (χ1) is 10.3. The van der Waals surface area contributed by atoms with Crippen molar-refractivity contribution in [3.63, 3.8) is 0 Å². The van der Waals surface area contributed by atoms with Crippen molar-refractivity contribution >= 4 is 0 Å².